The Hall–Kier alpha value is -1.74. The molecular weight excluding hydrogens is 202 g/mol. The maximum Gasteiger partial charge on any atom is 0.118 e. The molecule has 1 aromatic heterocycles. The molecule has 84 valence electrons. The normalized spacial score (nSPS) is 12.4. The molecule has 2 rings (SSSR count). The Morgan fingerprint density at radius 2 is 2.00 bits per heavy atom. The van der Waals surface area contributed by atoms with Crippen LogP contribution in [0.15, 0.2) is 47.3 Å². The van der Waals surface area contributed by atoms with Gasteiger partial charge in [0, 0.05) is 11.6 Å². The average Bonchev–Trinajstić information content (AvgIpc) is 2.83. The lowest BCUT2D eigenvalue weighted by Crippen LogP contribution is -2.12. The fourth-order valence-corrected chi connectivity index (χ4v) is 1.62. The lowest BCUT2D eigenvalue weighted by Gasteiger charge is -2.09. The Balaban J connectivity index is 2.03. The SMILES string of the molecule is COc1ccc(CC(N)c2ccoc2)cc1. The third-order valence-corrected chi connectivity index (χ3v) is 2.59. The number of ether oxygens (including phenoxy) is 1. The molecule has 3 nitrogen and oxygen atoms in total. The van der Waals surface area contributed by atoms with Gasteiger partial charge in [0.25, 0.3) is 0 Å². The molecule has 1 aromatic carbocycles. The van der Waals surface area contributed by atoms with E-state index in [4.69, 9.17) is 14.9 Å². The summed E-state index contributed by atoms with van der Waals surface area (Å²) in [5.74, 6) is 0.862. The highest BCUT2D eigenvalue weighted by Crippen LogP contribution is 2.18. The van der Waals surface area contributed by atoms with Gasteiger partial charge in [0.1, 0.15) is 5.75 Å². The lowest BCUT2D eigenvalue weighted by molar-refractivity contribution is 0.414. The molecule has 1 unspecified atom stereocenters. The monoisotopic (exact) mass is 217 g/mol. The van der Waals surface area contributed by atoms with Crippen LogP contribution in [0.2, 0.25) is 0 Å². The second kappa shape index (κ2) is 4.86. The van der Waals surface area contributed by atoms with E-state index in [1.54, 1.807) is 19.6 Å². The zero-order valence-electron chi connectivity index (χ0n) is 9.22. The second-order valence-electron chi connectivity index (χ2n) is 3.72. The standard InChI is InChI=1S/C13H15NO2/c1-15-12-4-2-10(3-5-12)8-13(14)11-6-7-16-9-11/h2-7,9,13H,8,14H2,1H3. The van der Waals surface area contributed by atoms with Crippen LogP contribution < -0.4 is 10.5 Å². The van der Waals surface area contributed by atoms with Gasteiger partial charge in [-0.25, -0.2) is 0 Å². The quantitative estimate of drug-likeness (QED) is 0.856. The smallest absolute Gasteiger partial charge is 0.118 e. The molecule has 0 saturated carbocycles. The summed E-state index contributed by atoms with van der Waals surface area (Å²) in [7, 11) is 1.66. The molecule has 0 bridgehead atoms. The van der Waals surface area contributed by atoms with E-state index in [1.165, 1.54) is 5.56 Å². The first-order valence-electron chi connectivity index (χ1n) is 5.20. The molecule has 3 heteroatoms. The minimum atomic E-state index is -0.0212. The summed E-state index contributed by atoms with van der Waals surface area (Å²) in [4.78, 5) is 0. The van der Waals surface area contributed by atoms with E-state index in [0.29, 0.717) is 0 Å². The van der Waals surface area contributed by atoms with Crippen molar-refractivity contribution in [1.82, 2.24) is 0 Å². The van der Waals surface area contributed by atoms with Crippen molar-refractivity contribution < 1.29 is 9.15 Å². The van der Waals surface area contributed by atoms with Gasteiger partial charge < -0.3 is 14.9 Å². The van der Waals surface area contributed by atoms with Crippen molar-refractivity contribution in [2.75, 3.05) is 7.11 Å². The fraction of sp³-hybridized carbons (Fsp3) is 0.231. The molecule has 1 heterocycles. The van der Waals surface area contributed by atoms with Gasteiger partial charge in [0.15, 0.2) is 0 Å². The van der Waals surface area contributed by atoms with Gasteiger partial charge in [0.2, 0.25) is 0 Å². The molecule has 0 spiro atoms. The zero-order valence-corrected chi connectivity index (χ0v) is 9.22. The molecule has 0 radical (unpaired) electrons. The van der Waals surface area contributed by atoms with Gasteiger partial charge in [-0.1, -0.05) is 12.1 Å². The molecular formula is C13H15NO2. The molecule has 0 amide bonds. The number of benzene rings is 1. The van der Waals surface area contributed by atoms with Crippen molar-refractivity contribution in [3.05, 3.63) is 54.0 Å². The van der Waals surface area contributed by atoms with Crippen LogP contribution in [0.1, 0.15) is 17.2 Å². The van der Waals surface area contributed by atoms with E-state index in [2.05, 4.69) is 0 Å². The number of rotatable bonds is 4. The fourth-order valence-electron chi connectivity index (χ4n) is 1.62. The summed E-state index contributed by atoms with van der Waals surface area (Å²) in [6.07, 6.45) is 4.13. The number of hydrogen-bond acceptors (Lipinski definition) is 3. The van der Waals surface area contributed by atoms with Crippen molar-refractivity contribution >= 4 is 0 Å². The second-order valence-corrected chi connectivity index (χ2v) is 3.72. The molecule has 2 N–H and O–H groups in total. The molecule has 16 heavy (non-hydrogen) atoms. The topological polar surface area (TPSA) is 48.4 Å². The van der Waals surface area contributed by atoms with E-state index < -0.39 is 0 Å². The molecule has 0 aliphatic carbocycles. The van der Waals surface area contributed by atoms with Crippen LogP contribution in [0.4, 0.5) is 0 Å². The van der Waals surface area contributed by atoms with Crippen molar-refractivity contribution in [3.8, 4) is 5.75 Å². The lowest BCUT2D eigenvalue weighted by atomic mass is 10.0. The molecule has 0 aliphatic heterocycles. The predicted molar refractivity (Wildman–Crippen MR) is 62.3 cm³/mol. The van der Waals surface area contributed by atoms with Crippen LogP contribution >= 0.6 is 0 Å². The van der Waals surface area contributed by atoms with Gasteiger partial charge in [0.05, 0.1) is 19.6 Å². The first-order valence-corrected chi connectivity index (χ1v) is 5.20. The van der Waals surface area contributed by atoms with Crippen molar-refractivity contribution in [1.29, 1.82) is 0 Å². The minimum absolute atomic E-state index is 0.0212. The Morgan fingerprint density at radius 1 is 1.25 bits per heavy atom. The summed E-state index contributed by atoms with van der Waals surface area (Å²) >= 11 is 0. The highest BCUT2D eigenvalue weighted by molar-refractivity contribution is 5.28. The molecule has 0 aliphatic rings. The summed E-state index contributed by atoms with van der Waals surface area (Å²) in [5.41, 5.74) is 8.26. The van der Waals surface area contributed by atoms with Crippen LogP contribution in [-0.2, 0) is 6.42 Å². The van der Waals surface area contributed by atoms with Gasteiger partial charge in [-0.15, -0.1) is 0 Å². The number of furan rings is 1. The number of hydrogen-bond donors (Lipinski definition) is 1. The van der Waals surface area contributed by atoms with Gasteiger partial charge in [-0.3, -0.25) is 0 Å². The van der Waals surface area contributed by atoms with E-state index >= 15 is 0 Å². The largest absolute Gasteiger partial charge is 0.497 e. The number of nitrogens with two attached hydrogens (primary N) is 1. The van der Waals surface area contributed by atoms with Crippen LogP contribution in [0.5, 0.6) is 5.75 Å². The maximum absolute atomic E-state index is 6.05. The highest BCUT2D eigenvalue weighted by Gasteiger charge is 2.08. The summed E-state index contributed by atoms with van der Waals surface area (Å²) in [5, 5.41) is 0. The average molecular weight is 217 g/mol. The summed E-state index contributed by atoms with van der Waals surface area (Å²) in [6, 6.07) is 9.81. The number of methoxy groups -OCH3 is 1. The van der Waals surface area contributed by atoms with E-state index in [9.17, 15) is 0 Å². The summed E-state index contributed by atoms with van der Waals surface area (Å²) in [6.45, 7) is 0. The van der Waals surface area contributed by atoms with E-state index in [0.717, 1.165) is 17.7 Å². The van der Waals surface area contributed by atoms with Crippen molar-refractivity contribution in [3.63, 3.8) is 0 Å². The summed E-state index contributed by atoms with van der Waals surface area (Å²) < 4.78 is 10.1. The van der Waals surface area contributed by atoms with Gasteiger partial charge >= 0.3 is 0 Å². The first kappa shape index (κ1) is 10.8. The minimum Gasteiger partial charge on any atom is -0.497 e. The van der Waals surface area contributed by atoms with E-state index in [1.807, 2.05) is 30.3 Å². The Labute approximate surface area is 94.8 Å². The van der Waals surface area contributed by atoms with Gasteiger partial charge in [-0.05, 0) is 30.2 Å². The molecule has 0 saturated heterocycles. The maximum atomic E-state index is 6.05. The van der Waals surface area contributed by atoms with Crippen molar-refractivity contribution in [2.45, 2.75) is 12.5 Å². The van der Waals surface area contributed by atoms with Crippen LogP contribution in [0, 0.1) is 0 Å². The van der Waals surface area contributed by atoms with E-state index in [-0.39, 0.29) is 6.04 Å². The molecule has 2 aromatic rings. The Kier molecular flexibility index (Phi) is 3.27. The van der Waals surface area contributed by atoms with Crippen molar-refractivity contribution in [2.24, 2.45) is 5.73 Å². The zero-order chi connectivity index (χ0) is 11.4. The predicted octanol–water partition coefficient (Wildman–Crippen LogP) is 2.53. The Morgan fingerprint density at radius 3 is 2.56 bits per heavy atom. The third kappa shape index (κ3) is 2.44. The third-order valence-electron chi connectivity index (χ3n) is 2.59. The van der Waals surface area contributed by atoms with Crippen LogP contribution in [0.3, 0.4) is 0 Å². The highest BCUT2D eigenvalue weighted by atomic mass is 16.5. The molecule has 0 fully saturated rings. The van der Waals surface area contributed by atoms with Gasteiger partial charge in [-0.2, -0.15) is 0 Å². The van der Waals surface area contributed by atoms with Crippen LogP contribution in [-0.4, -0.2) is 7.11 Å². The first-order chi connectivity index (χ1) is 7.79. The van der Waals surface area contributed by atoms with Crippen LogP contribution in [0.25, 0.3) is 0 Å². The Bertz CT molecular complexity index is 420. The molecule has 1 atom stereocenters.